The Morgan fingerprint density at radius 3 is 2.50 bits per heavy atom. The van der Waals surface area contributed by atoms with Gasteiger partial charge in [-0.05, 0) is 31.5 Å². The average Bonchev–Trinajstić information content (AvgIpc) is 2.62. The van der Waals surface area contributed by atoms with E-state index in [9.17, 15) is 0 Å². The number of nitrogens with one attached hydrogen (secondary N) is 1. The monoisotopic (exact) mass is 195 g/mol. The highest BCUT2D eigenvalue weighted by atomic mass is 16.3. The first-order chi connectivity index (χ1) is 6.67. The smallest absolute Gasteiger partial charge is 0.121 e. The van der Waals surface area contributed by atoms with Crippen molar-refractivity contribution in [1.29, 1.82) is 0 Å². The molecule has 1 N–H and O–H groups in total. The van der Waals surface area contributed by atoms with Crippen molar-refractivity contribution in [2.75, 3.05) is 7.05 Å². The summed E-state index contributed by atoms with van der Waals surface area (Å²) >= 11 is 0. The van der Waals surface area contributed by atoms with Gasteiger partial charge in [0.25, 0.3) is 0 Å². The van der Waals surface area contributed by atoms with Crippen LogP contribution in [-0.2, 0) is 6.42 Å². The van der Waals surface area contributed by atoms with E-state index in [4.69, 9.17) is 4.42 Å². The van der Waals surface area contributed by atoms with E-state index in [-0.39, 0.29) is 0 Å². The zero-order valence-electron chi connectivity index (χ0n) is 9.63. The lowest BCUT2D eigenvalue weighted by atomic mass is 10.0. The molecule has 0 radical (unpaired) electrons. The molecule has 0 amide bonds. The minimum absolute atomic E-state index is 0.357. The second kappa shape index (κ2) is 5.20. The van der Waals surface area contributed by atoms with Gasteiger partial charge in [0, 0.05) is 6.42 Å². The van der Waals surface area contributed by atoms with Crippen molar-refractivity contribution in [2.24, 2.45) is 5.92 Å². The number of rotatable bonds is 5. The quantitative estimate of drug-likeness (QED) is 0.780. The predicted molar refractivity (Wildman–Crippen MR) is 59.3 cm³/mol. The van der Waals surface area contributed by atoms with Crippen molar-refractivity contribution in [3.8, 4) is 0 Å². The first kappa shape index (κ1) is 11.3. The Morgan fingerprint density at radius 2 is 2.07 bits per heavy atom. The van der Waals surface area contributed by atoms with Crippen molar-refractivity contribution in [1.82, 2.24) is 5.32 Å². The molecule has 0 fully saturated rings. The van der Waals surface area contributed by atoms with Gasteiger partial charge in [0.1, 0.15) is 11.5 Å². The van der Waals surface area contributed by atoms with Crippen molar-refractivity contribution >= 4 is 0 Å². The van der Waals surface area contributed by atoms with Crippen LogP contribution in [0.4, 0.5) is 0 Å². The maximum absolute atomic E-state index is 5.72. The van der Waals surface area contributed by atoms with E-state index in [0.29, 0.717) is 12.0 Å². The van der Waals surface area contributed by atoms with E-state index in [1.54, 1.807) is 0 Å². The Hall–Kier alpha value is -0.760. The minimum Gasteiger partial charge on any atom is -0.464 e. The van der Waals surface area contributed by atoms with Gasteiger partial charge in [-0.25, -0.2) is 0 Å². The maximum atomic E-state index is 5.72. The van der Waals surface area contributed by atoms with E-state index in [1.165, 1.54) is 0 Å². The van der Waals surface area contributed by atoms with Crippen LogP contribution in [-0.4, -0.2) is 7.05 Å². The fourth-order valence-corrected chi connectivity index (χ4v) is 1.62. The lowest BCUT2D eigenvalue weighted by Gasteiger charge is -2.15. The molecule has 14 heavy (non-hydrogen) atoms. The molecule has 0 aliphatic carbocycles. The van der Waals surface area contributed by atoms with Gasteiger partial charge in [0.15, 0.2) is 0 Å². The van der Waals surface area contributed by atoms with Gasteiger partial charge in [-0.3, -0.25) is 0 Å². The van der Waals surface area contributed by atoms with Crippen molar-refractivity contribution < 1.29 is 4.42 Å². The van der Waals surface area contributed by atoms with Gasteiger partial charge in [-0.1, -0.05) is 20.8 Å². The van der Waals surface area contributed by atoms with Crippen LogP contribution < -0.4 is 5.32 Å². The van der Waals surface area contributed by atoms with Gasteiger partial charge in [0.05, 0.1) is 6.04 Å². The molecule has 1 unspecified atom stereocenters. The Balaban J connectivity index is 2.68. The van der Waals surface area contributed by atoms with Crippen LogP contribution >= 0.6 is 0 Å². The Kier molecular flexibility index (Phi) is 4.21. The lowest BCUT2D eigenvalue weighted by molar-refractivity contribution is 0.365. The molecule has 80 valence electrons. The fraction of sp³-hybridized carbons (Fsp3) is 0.667. The molecule has 0 saturated heterocycles. The first-order valence-electron chi connectivity index (χ1n) is 5.43. The average molecular weight is 195 g/mol. The molecule has 2 nitrogen and oxygen atoms in total. The standard InChI is InChI=1S/C12H21NO/c1-5-10-6-7-12(14-10)11(13-4)8-9(2)3/h6-7,9,11,13H,5,8H2,1-4H3. The summed E-state index contributed by atoms with van der Waals surface area (Å²) in [5, 5.41) is 3.29. The molecule has 2 heteroatoms. The molecule has 0 spiro atoms. The van der Waals surface area contributed by atoms with Gasteiger partial charge in [-0.15, -0.1) is 0 Å². The van der Waals surface area contributed by atoms with Crippen LogP contribution in [0.1, 0.15) is 44.8 Å². The van der Waals surface area contributed by atoms with Crippen LogP contribution in [0.15, 0.2) is 16.5 Å². The number of hydrogen-bond acceptors (Lipinski definition) is 2. The third kappa shape index (κ3) is 2.88. The normalized spacial score (nSPS) is 13.5. The summed E-state index contributed by atoms with van der Waals surface area (Å²) in [6, 6.07) is 4.51. The topological polar surface area (TPSA) is 25.2 Å². The van der Waals surface area contributed by atoms with Crippen molar-refractivity contribution in [2.45, 2.75) is 39.7 Å². The van der Waals surface area contributed by atoms with Crippen molar-refractivity contribution in [3.63, 3.8) is 0 Å². The number of hydrogen-bond donors (Lipinski definition) is 1. The zero-order valence-corrected chi connectivity index (χ0v) is 9.63. The van der Waals surface area contributed by atoms with E-state index < -0.39 is 0 Å². The summed E-state index contributed by atoms with van der Waals surface area (Å²) in [6.45, 7) is 6.57. The van der Waals surface area contributed by atoms with E-state index in [2.05, 4.69) is 38.2 Å². The van der Waals surface area contributed by atoms with E-state index >= 15 is 0 Å². The maximum Gasteiger partial charge on any atom is 0.121 e. The van der Waals surface area contributed by atoms with E-state index in [1.807, 2.05) is 7.05 Å². The predicted octanol–water partition coefficient (Wildman–Crippen LogP) is 3.15. The van der Waals surface area contributed by atoms with Gasteiger partial charge in [-0.2, -0.15) is 0 Å². The summed E-state index contributed by atoms with van der Waals surface area (Å²) in [6.07, 6.45) is 2.09. The molecule has 0 aliphatic heterocycles. The van der Waals surface area contributed by atoms with Crippen LogP contribution in [0, 0.1) is 5.92 Å². The highest BCUT2D eigenvalue weighted by Gasteiger charge is 2.14. The molecule has 0 aliphatic rings. The third-order valence-electron chi connectivity index (χ3n) is 2.43. The number of aryl methyl sites for hydroxylation is 1. The largest absolute Gasteiger partial charge is 0.464 e. The Labute approximate surface area is 86.7 Å². The Morgan fingerprint density at radius 1 is 1.36 bits per heavy atom. The second-order valence-corrected chi connectivity index (χ2v) is 4.13. The summed E-state index contributed by atoms with van der Waals surface area (Å²) in [5.41, 5.74) is 0. The lowest BCUT2D eigenvalue weighted by Crippen LogP contribution is -2.17. The minimum atomic E-state index is 0.357. The summed E-state index contributed by atoms with van der Waals surface area (Å²) < 4.78 is 5.72. The van der Waals surface area contributed by atoms with Crippen LogP contribution in [0.25, 0.3) is 0 Å². The molecular formula is C12H21NO. The zero-order chi connectivity index (χ0) is 10.6. The van der Waals surface area contributed by atoms with Crippen LogP contribution in [0.5, 0.6) is 0 Å². The van der Waals surface area contributed by atoms with Crippen LogP contribution in [0.2, 0.25) is 0 Å². The molecule has 1 heterocycles. The fourth-order valence-electron chi connectivity index (χ4n) is 1.62. The molecule has 1 aromatic heterocycles. The third-order valence-corrected chi connectivity index (χ3v) is 2.43. The van der Waals surface area contributed by atoms with Crippen molar-refractivity contribution in [3.05, 3.63) is 23.7 Å². The highest BCUT2D eigenvalue weighted by molar-refractivity contribution is 5.10. The molecule has 0 saturated carbocycles. The number of furan rings is 1. The Bertz CT molecular complexity index is 265. The molecular weight excluding hydrogens is 174 g/mol. The summed E-state index contributed by atoms with van der Waals surface area (Å²) in [7, 11) is 1.99. The van der Waals surface area contributed by atoms with Gasteiger partial charge >= 0.3 is 0 Å². The molecule has 0 bridgehead atoms. The van der Waals surface area contributed by atoms with Gasteiger partial charge < -0.3 is 9.73 Å². The van der Waals surface area contributed by atoms with Gasteiger partial charge in [0.2, 0.25) is 0 Å². The SMILES string of the molecule is CCc1ccc(C(CC(C)C)NC)o1. The first-order valence-corrected chi connectivity index (χ1v) is 5.43. The van der Waals surface area contributed by atoms with Crippen LogP contribution in [0.3, 0.4) is 0 Å². The second-order valence-electron chi connectivity index (χ2n) is 4.13. The summed E-state index contributed by atoms with van der Waals surface area (Å²) in [4.78, 5) is 0. The summed E-state index contributed by atoms with van der Waals surface area (Å²) in [5.74, 6) is 2.82. The highest BCUT2D eigenvalue weighted by Crippen LogP contribution is 2.22. The van der Waals surface area contributed by atoms with E-state index in [0.717, 1.165) is 24.4 Å². The molecule has 1 rings (SSSR count). The molecule has 1 aromatic rings. The molecule has 0 aromatic carbocycles. The molecule has 1 atom stereocenters.